The molecule has 1 heterocycles. The van der Waals surface area contributed by atoms with Crippen molar-refractivity contribution in [3.8, 4) is 0 Å². The first-order valence-corrected chi connectivity index (χ1v) is 10.2. The zero-order chi connectivity index (χ0) is 22.5. The van der Waals surface area contributed by atoms with Crippen molar-refractivity contribution in [1.82, 2.24) is 10.2 Å². The zero-order valence-corrected chi connectivity index (χ0v) is 18.1. The number of nitrogens with one attached hydrogen (secondary N) is 2. The molecule has 0 aliphatic carbocycles. The highest BCUT2D eigenvalue weighted by molar-refractivity contribution is 7.14. The van der Waals surface area contributed by atoms with Gasteiger partial charge in [-0.1, -0.05) is 0 Å². The Bertz CT molecular complexity index is 890. The average Bonchev–Trinajstić information content (AvgIpc) is 3.09. The summed E-state index contributed by atoms with van der Waals surface area (Å²) in [6, 6.07) is 5.47. The second-order valence-corrected chi connectivity index (χ2v) is 8.81. The fourth-order valence-electron chi connectivity index (χ4n) is 2.80. The molecule has 0 aliphatic heterocycles. The third-order valence-electron chi connectivity index (χ3n) is 4.20. The number of amides is 3. The molecule has 3 amide bonds. The van der Waals surface area contributed by atoms with Gasteiger partial charge >= 0.3 is 0 Å². The number of halogens is 2. The Kier molecular flexibility index (Phi) is 7.66. The van der Waals surface area contributed by atoms with Gasteiger partial charge in [0.05, 0.1) is 11.4 Å². The molecule has 9 heteroatoms. The van der Waals surface area contributed by atoms with Crippen molar-refractivity contribution in [3.05, 3.63) is 52.9 Å². The molecule has 2 N–H and O–H groups in total. The van der Waals surface area contributed by atoms with Gasteiger partial charge in [0, 0.05) is 11.6 Å². The molecule has 0 bridgehead atoms. The summed E-state index contributed by atoms with van der Waals surface area (Å²) in [7, 11) is 0. The summed E-state index contributed by atoms with van der Waals surface area (Å²) in [5.41, 5.74) is -0.512. The third kappa shape index (κ3) is 6.91. The van der Waals surface area contributed by atoms with E-state index in [1.165, 1.54) is 23.2 Å². The Labute approximate surface area is 178 Å². The molecule has 0 saturated carbocycles. The molecule has 0 unspecified atom stereocenters. The van der Waals surface area contributed by atoms with Crippen molar-refractivity contribution >= 4 is 34.1 Å². The summed E-state index contributed by atoms with van der Waals surface area (Å²) in [5, 5.41) is 7.76. The fraction of sp³-hybridized carbons (Fsp3) is 0.381. The van der Waals surface area contributed by atoms with Crippen LogP contribution in [0.5, 0.6) is 0 Å². The molecule has 162 valence electrons. The smallest absolute Gasteiger partial charge is 0.245 e. The lowest BCUT2D eigenvalue weighted by atomic mass is 10.0. The molecule has 2 aromatic rings. The van der Waals surface area contributed by atoms with Crippen LogP contribution in [0.4, 0.5) is 13.8 Å². The number of benzene rings is 1. The molecule has 30 heavy (non-hydrogen) atoms. The first-order valence-electron chi connectivity index (χ1n) is 9.35. The summed E-state index contributed by atoms with van der Waals surface area (Å²) in [6.45, 7) is 6.67. The first-order chi connectivity index (χ1) is 14.0. The molecular weight excluding hydrogens is 412 g/mol. The number of nitrogens with zero attached hydrogens (tertiary/aromatic N) is 1. The van der Waals surface area contributed by atoms with Crippen molar-refractivity contribution in [1.29, 1.82) is 0 Å². The Morgan fingerprint density at radius 2 is 1.73 bits per heavy atom. The molecule has 0 spiro atoms. The molecule has 0 radical (unpaired) electrons. The highest BCUT2D eigenvalue weighted by Crippen LogP contribution is 2.18. The largest absolute Gasteiger partial charge is 0.344 e. The van der Waals surface area contributed by atoms with Crippen LogP contribution in [0.2, 0.25) is 0 Å². The van der Waals surface area contributed by atoms with Crippen LogP contribution in [0.15, 0.2) is 35.7 Å². The van der Waals surface area contributed by atoms with E-state index >= 15 is 0 Å². The van der Waals surface area contributed by atoms with Crippen molar-refractivity contribution in [2.24, 2.45) is 0 Å². The highest BCUT2D eigenvalue weighted by atomic mass is 32.1. The number of carbonyl (C=O) groups is 3. The predicted octanol–water partition coefficient (Wildman–Crippen LogP) is 3.34. The molecule has 1 aromatic heterocycles. The lowest BCUT2D eigenvalue weighted by molar-refractivity contribution is -0.142. The van der Waals surface area contributed by atoms with Crippen LogP contribution in [-0.2, 0) is 20.8 Å². The number of hydrogen-bond acceptors (Lipinski definition) is 4. The third-order valence-corrected chi connectivity index (χ3v) is 4.98. The molecule has 0 fully saturated rings. The first kappa shape index (κ1) is 23.5. The van der Waals surface area contributed by atoms with Gasteiger partial charge < -0.3 is 15.5 Å². The second kappa shape index (κ2) is 9.80. The predicted molar refractivity (Wildman–Crippen MR) is 112 cm³/mol. The Hall–Kier alpha value is -2.81. The molecule has 2 rings (SSSR count). The van der Waals surface area contributed by atoms with Gasteiger partial charge in [-0.3, -0.25) is 14.4 Å². The van der Waals surface area contributed by atoms with E-state index in [1.54, 1.807) is 32.9 Å². The average molecular weight is 438 g/mol. The van der Waals surface area contributed by atoms with E-state index < -0.39 is 35.0 Å². The van der Waals surface area contributed by atoms with E-state index in [0.717, 1.165) is 18.2 Å². The van der Waals surface area contributed by atoms with E-state index in [1.807, 2.05) is 5.38 Å². The van der Waals surface area contributed by atoms with E-state index in [0.29, 0.717) is 5.00 Å². The molecule has 6 nitrogen and oxygen atoms in total. The molecule has 1 atom stereocenters. The van der Waals surface area contributed by atoms with Gasteiger partial charge in [0.1, 0.15) is 24.2 Å². The van der Waals surface area contributed by atoms with Crippen LogP contribution >= 0.6 is 11.3 Å². The number of hydrogen-bond donors (Lipinski definition) is 2. The van der Waals surface area contributed by atoms with Gasteiger partial charge in [0.25, 0.3) is 0 Å². The van der Waals surface area contributed by atoms with Crippen LogP contribution < -0.4 is 10.6 Å². The summed E-state index contributed by atoms with van der Waals surface area (Å²) < 4.78 is 26.6. The van der Waals surface area contributed by atoms with Crippen molar-refractivity contribution < 1.29 is 23.2 Å². The van der Waals surface area contributed by atoms with Crippen LogP contribution in [-0.4, -0.2) is 40.7 Å². The molecular formula is C21H25F2N3O3S. The van der Waals surface area contributed by atoms with Crippen LogP contribution in [0, 0.1) is 11.6 Å². The van der Waals surface area contributed by atoms with E-state index in [9.17, 15) is 23.2 Å². The SMILES string of the molecule is C[C@H](NC(=O)Cc1cc(F)cc(F)c1)C(=O)N(CC(=O)Nc1cccs1)C(C)(C)C. The summed E-state index contributed by atoms with van der Waals surface area (Å²) in [6.07, 6.45) is -0.277. The zero-order valence-electron chi connectivity index (χ0n) is 17.3. The van der Waals surface area contributed by atoms with Crippen molar-refractivity contribution in [2.45, 2.75) is 45.7 Å². The van der Waals surface area contributed by atoms with Crippen molar-refractivity contribution in [3.63, 3.8) is 0 Å². The van der Waals surface area contributed by atoms with Crippen molar-refractivity contribution in [2.75, 3.05) is 11.9 Å². The van der Waals surface area contributed by atoms with E-state index in [-0.39, 0.29) is 24.4 Å². The van der Waals surface area contributed by atoms with Crippen LogP contribution in [0.3, 0.4) is 0 Å². The summed E-state index contributed by atoms with van der Waals surface area (Å²) in [4.78, 5) is 38.9. The maximum Gasteiger partial charge on any atom is 0.245 e. The summed E-state index contributed by atoms with van der Waals surface area (Å²) in [5.74, 6) is -2.91. The maximum absolute atomic E-state index is 13.3. The van der Waals surface area contributed by atoms with Gasteiger partial charge in [-0.05, 0) is 62.9 Å². The van der Waals surface area contributed by atoms with E-state index in [2.05, 4.69) is 10.6 Å². The van der Waals surface area contributed by atoms with Crippen LogP contribution in [0.1, 0.15) is 33.3 Å². The van der Waals surface area contributed by atoms with Gasteiger partial charge in [-0.25, -0.2) is 8.78 Å². The minimum Gasteiger partial charge on any atom is -0.344 e. The maximum atomic E-state index is 13.3. The standard InChI is InChI=1S/C21H25F2N3O3S/c1-13(24-17(27)10-14-8-15(22)11-16(23)9-14)20(29)26(21(2,3)4)12-18(28)25-19-6-5-7-30-19/h5-9,11,13H,10,12H2,1-4H3,(H,24,27)(H,25,28)/t13-/m0/s1. The van der Waals surface area contributed by atoms with Gasteiger partial charge in [-0.15, -0.1) is 11.3 Å². The van der Waals surface area contributed by atoms with Crippen LogP contribution in [0.25, 0.3) is 0 Å². The topological polar surface area (TPSA) is 78.5 Å². The Morgan fingerprint density at radius 3 is 2.27 bits per heavy atom. The lowest BCUT2D eigenvalue weighted by Gasteiger charge is -2.37. The molecule has 0 aliphatic rings. The summed E-state index contributed by atoms with van der Waals surface area (Å²) >= 11 is 1.37. The van der Waals surface area contributed by atoms with E-state index in [4.69, 9.17) is 0 Å². The monoisotopic (exact) mass is 437 g/mol. The van der Waals surface area contributed by atoms with Gasteiger partial charge in [0.2, 0.25) is 17.7 Å². The highest BCUT2D eigenvalue weighted by Gasteiger charge is 2.32. The fourth-order valence-corrected chi connectivity index (χ4v) is 3.44. The lowest BCUT2D eigenvalue weighted by Crippen LogP contribution is -2.55. The van der Waals surface area contributed by atoms with Gasteiger partial charge in [-0.2, -0.15) is 0 Å². The minimum absolute atomic E-state index is 0.160. The number of rotatable bonds is 7. The number of anilines is 1. The second-order valence-electron chi connectivity index (χ2n) is 7.86. The normalized spacial score (nSPS) is 12.2. The Balaban J connectivity index is 2.01. The minimum atomic E-state index is -0.926. The quantitative estimate of drug-likeness (QED) is 0.697. The molecule has 0 saturated heterocycles. The number of thiophene rings is 1. The molecule has 1 aromatic carbocycles. The Morgan fingerprint density at radius 1 is 1.10 bits per heavy atom. The number of carbonyl (C=O) groups excluding carboxylic acids is 3. The van der Waals surface area contributed by atoms with Gasteiger partial charge in [0.15, 0.2) is 0 Å².